The van der Waals surface area contributed by atoms with E-state index in [9.17, 15) is 4.79 Å². The zero-order valence-electron chi connectivity index (χ0n) is 19.1. The summed E-state index contributed by atoms with van der Waals surface area (Å²) in [5.41, 5.74) is 5.20. The first kappa shape index (κ1) is 23.0. The van der Waals surface area contributed by atoms with Crippen LogP contribution in [0.3, 0.4) is 0 Å². The highest BCUT2D eigenvalue weighted by Crippen LogP contribution is 2.28. The molecule has 2 aromatic carbocycles. The normalized spacial score (nSPS) is 11.0. The molecule has 2 aromatic heterocycles. The van der Waals surface area contributed by atoms with E-state index in [-0.39, 0.29) is 5.91 Å². The van der Waals surface area contributed by atoms with Crippen LogP contribution in [0.25, 0.3) is 22.2 Å². The summed E-state index contributed by atoms with van der Waals surface area (Å²) in [7, 11) is 0. The predicted octanol–water partition coefficient (Wildman–Crippen LogP) is 5.70. The minimum Gasteiger partial charge on any atom is -0.494 e. The Bertz CT molecular complexity index is 1280. The van der Waals surface area contributed by atoms with Crippen molar-refractivity contribution < 1.29 is 9.53 Å². The lowest BCUT2D eigenvalue weighted by atomic mass is 10.0. The Morgan fingerprint density at radius 1 is 1.09 bits per heavy atom. The van der Waals surface area contributed by atoms with Gasteiger partial charge in [0.2, 0.25) is 0 Å². The van der Waals surface area contributed by atoms with Gasteiger partial charge in [-0.15, -0.1) is 0 Å². The summed E-state index contributed by atoms with van der Waals surface area (Å²) >= 11 is 3.52. The molecule has 0 fully saturated rings. The third-order valence-electron chi connectivity index (χ3n) is 5.41. The SMILES string of the molecule is CCOc1ccc(-c2cc(C(=O)NCCCn3nc(C)cc3C)c3cc(Br)ccc3n2)cc1. The van der Waals surface area contributed by atoms with Crippen molar-refractivity contribution in [3.8, 4) is 17.0 Å². The monoisotopic (exact) mass is 506 g/mol. The molecule has 6 nitrogen and oxygen atoms in total. The van der Waals surface area contributed by atoms with E-state index in [0.717, 1.165) is 56.7 Å². The number of carbonyl (C=O) groups is 1. The highest BCUT2D eigenvalue weighted by atomic mass is 79.9. The minimum atomic E-state index is -0.110. The second-order valence-corrected chi connectivity index (χ2v) is 8.85. The molecule has 33 heavy (non-hydrogen) atoms. The summed E-state index contributed by atoms with van der Waals surface area (Å²) in [6, 6.07) is 17.5. The lowest BCUT2D eigenvalue weighted by molar-refractivity contribution is 0.0954. The van der Waals surface area contributed by atoms with Crippen LogP contribution in [-0.4, -0.2) is 33.8 Å². The second-order valence-electron chi connectivity index (χ2n) is 7.93. The number of nitrogens with one attached hydrogen (secondary N) is 1. The molecule has 1 N–H and O–H groups in total. The van der Waals surface area contributed by atoms with Crippen LogP contribution in [0, 0.1) is 13.8 Å². The van der Waals surface area contributed by atoms with Gasteiger partial charge in [0.15, 0.2) is 0 Å². The molecule has 0 aliphatic heterocycles. The van der Waals surface area contributed by atoms with E-state index < -0.39 is 0 Å². The van der Waals surface area contributed by atoms with Gasteiger partial charge in [-0.2, -0.15) is 5.10 Å². The molecule has 0 aliphatic carbocycles. The van der Waals surface area contributed by atoms with Crippen molar-refractivity contribution in [2.24, 2.45) is 0 Å². The molecule has 0 saturated heterocycles. The van der Waals surface area contributed by atoms with Crippen molar-refractivity contribution >= 4 is 32.7 Å². The second kappa shape index (κ2) is 10.2. The van der Waals surface area contributed by atoms with Crippen LogP contribution in [0.5, 0.6) is 5.75 Å². The Kier molecular flexibility index (Phi) is 7.08. The number of halogens is 1. The van der Waals surface area contributed by atoms with Crippen LogP contribution in [-0.2, 0) is 6.54 Å². The van der Waals surface area contributed by atoms with Crippen molar-refractivity contribution in [3.63, 3.8) is 0 Å². The zero-order valence-corrected chi connectivity index (χ0v) is 20.6. The van der Waals surface area contributed by atoms with Gasteiger partial charge in [-0.1, -0.05) is 15.9 Å². The first-order valence-corrected chi connectivity index (χ1v) is 11.9. The van der Waals surface area contributed by atoms with Crippen LogP contribution in [0.2, 0.25) is 0 Å². The number of fused-ring (bicyclic) bond motifs is 1. The topological polar surface area (TPSA) is 69.0 Å². The predicted molar refractivity (Wildman–Crippen MR) is 135 cm³/mol. The Hall–Kier alpha value is -3.19. The lowest BCUT2D eigenvalue weighted by Gasteiger charge is -2.12. The molecule has 4 aromatic rings. The molecule has 1 amide bonds. The fourth-order valence-corrected chi connectivity index (χ4v) is 4.21. The molecular formula is C26H27BrN4O2. The Morgan fingerprint density at radius 2 is 1.88 bits per heavy atom. The number of pyridine rings is 1. The maximum atomic E-state index is 13.2. The third-order valence-corrected chi connectivity index (χ3v) is 5.91. The van der Waals surface area contributed by atoms with Gasteiger partial charge >= 0.3 is 0 Å². The zero-order chi connectivity index (χ0) is 23.4. The molecule has 0 aliphatic rings. The molecule has 2 heterocycles. The van der Waals surface area contributed by atoms with E-state index in [1.165, 1.54) is 0 Å². The van der Waals surface area contributed by atoms with E-state index in [2.05, 4.69) is 32.4 Å². The molecule has 0 unspecified atom stereocenters. The first-order valence-electron chi connectivity index (χ1n) is 11.1. The summed E-state index contributed by atoms with van der Waals surface area (Å²) in [5, 5.41) is 8.36. The van der Waals surface area contributed by atoms with Gasteiger partial charge in [0.1, 0.15) is 5.75 Å². The number of hydrogen-bond acceptors (Lipinski definition) is 4. The molecule has 0 spiro atoms. The molecule has 0 saturated carbocycles. The standard InChI is InChI=1S/C26H27BrN4O2/c1-4-33-21-9-6-19(7-10-21)25-16-23(22-15-20(27)8-11-24(22)29-25)26(32)28-12-5-13-31-18(3)14-17(2)30-31/h6-11,14-16H,4-5,12-13H2,1-3H3,(H,28,32). The average molecular weight is 507 g/mol. The summed E-state index contributed by atoms with van der Waals surface area (Å²) in [5.74, 6) is 0.701. The molecule has 0 radical (unpaired) electrons. The van der Waals surface area contributed by atoms with E-state index in [4.69, 9.17) is 9.72 Å². The van der Waals surface area contributed by atoms with Crippen LogP contribution < -0.4 is 10.1 Å². The first-order chi connectivity index (χ1) is 15.9. The number of nitrogens with zero attached hydrogens (tertiary/aromatic N) is 3. The highest BCUT2D eigenvalue weighted by Gasteiger charge is 2.15. The lowest BCUT2D eigenvalue weighted by Crippen LogP contribution is -2.26. The Morgan fingerprint density at radius 3 is 2.58 bits per heavy atom. The van der Waals surface area contributed by atoms with E-state index in [1.54, 1.807) is 0 Å². The van der Waals surface area contributed by atoms with Gasteiger partial charge in [0, 0.05) is 34.2 Å². The summed E-state index contributed by atoms with van der Waals surface area (Å²) < 4.78 is 8.42. The molecule has 170 valence electrons. The van der Waals surface area contributed by atoms with Crippen LogP contribution >= 0.6 is 15.9 Å². The van der Waals surface area contributed by atoms with Gasteiger partial charge in [-0.05, 0) is 81.8 Å². The quantitative estimate of drug-likeness (QED) is 0.311. The number of hydrogen-bond donors (Lipinski definition) is 1. The smallest absolute Gasteiger partial charge is 0.252 e. The molecule has 0 atom stereocenters. The number of benzene rings is 2. The van der Waals surface area contributed by atoms with Crippen LogP contribution in [0.1, 0.15) is 35.1 Å². The van der Waals surface area contributed by atoms with Crippen molar-refractivity contribution in [1.82, 2.24) is 20.1 Å². The summed E-state index contributed by atoms with van der Waals surface area (Å²) in [6.45, 7) is 7.93. The number of amides is 1. The van der Waals surface area contributed by atoms with Crippen LogP contribution in [0.15, 0.2) is 59.1 Å². The molecule has 7 heteroatoms. The Labute approximate surface area is 202 Å². The van der Waals surface area contributed by atoms with Gasteiger partial charge < -0.3 is 10.1 Å². The molecule has 4 rings (SSSR count). The van der Waals surface area contributed by atoms with E-state index >= 15 is 0 Å². The number of ether oxygens (including phenoxy) is 1. The minimum absolute atomic E-state index is 0.110. The number of aromatic nitrogens is 3. The number of aryl methyl sites for hydroxylation is 3. The maximum Gasteiger partial charge on any atom is 0.252 e. The maximum absolute atomic E-state index is 13.2. The van der Waals surface area contributed by atoms with Crippen molar-refractivity contribution in [2.45, 2.75) is 33.7 Å². The van der Waals surface area contributed by atoms with Gasteiger partial charge in [-0.3, -0.25) is 9.48 Å². The fraction of sp³-hybridized carbons (Fsp3) is 0.269. The van der Waals surface area contributed by atoms with E-state index in [1.807, 2.05) is 74.0 Å². The molecular weight excluding hydrogens is 480 g/mol. The summed E-state index contributed by atoms with van der Waals surface area (Å²) in [6.07, 6.45) is 0.798. The van der Waals surface area contributed by atoms with E-state index in [0.29, 0.717) is 18.7 Å². The van der Waals surface area contributed by atoms with Gasteiger partial charge in [0.25, 0.3) is 5.91 Å². The third kappa shape index (κ3) is 5.42. The average Bonchev–Trinajstić information content (AvgIpc) is 3.13. The van der Waals surface area contributed by atoms with Crippen LogP contribution in [0.4, 0.5) is 0 Å². The van der Waals surface area contributed by atoms with Gasteiger partial charge in [-0.25, -0.2) is 4.98 Å². The summed E-state index contributed by atoms with van der Waals surface area (Å²) in [4.78, 5) is 18.0. The number of carbonyl (C=O) groups excluding carboxylic acids is 1. The van der Waals surface area contributed by atoms with Crippen molar-refractivity contribution in [3.05, 3.63) is 76.0 Å². The van der Waals surface area contributed by atoms with Gasteiger partial charge in [0.05, 0.1) is 29.1 Å². The fourth-order valence-electron chi connectivity index (χ4n) is 3.85. The molecule has 0 bridgehead atoms. The van der Waals surface area contributed by atoms with Crippen molar-refractivity contribution in [2.75, 3.05) is 13.2 Å². The van der Waals surface area contributed by atoms with Crippen molar-refractivity contribution in [1.29, 1.82) is 0 Å². The Balaban J connectivity index is 1.56. The number of rotatable bonds is 8. The largest absolute Gasteiger partial charge is 0.494 e. The highest BCUT2D eigenvalue weighted by molar-refractivity contribution is 9.10.